The van der Waals surface area contributed by atoms with Gasteiger partial charge in [0.1, 0.15) is 0 Å². The van der Waals surface area contributed by atoms with Gasteiger partial charge in [-0.25, -0.2) is 19.2 Å². The monoisotopic (exact) mass is 446 g/mol. The third-order valence-corrected chi connectivity index (χ3v) is 4.13. The van der Waals surface area contributed by atoms with Gasteiger partial charge in [0.2, 0.25) is 0 Å². The van der Waals surface area contributed by atoms with Gasteiger partial charge >= 0.3 is 23.9 Å². The van der Waals surface area contributed by atoms with Gasteiger partial charge in [-0.05, 0) is 24.3 Å². The lowest BCUT2D eigenvalue weighted by atomic mass is 9.95. The molecule has 0 aliphatic heterocycles. The van der Waals surface area contributed by atoms with Crippen molar-refractivity contribution in [2.45, 2.75) is 0 Å². The van der Waals surface area contributed by atoms with Gasteiger partial charge in [-0.3, -0.25) is 14.6 Å². The normalized spacial score (nSPS) is 10.1. The van der Waals surface area contributed by atoms with Crippen LogP contribution in [0, 0.1) is 0 Å². The van der Waals surface area contributed by atoms with Gasteiger partial charge in [0.05, 0.1) is 50.7 Å². The lowest BCUT2D eigenvalue weighted by Gasteiger charge is -2.11. The zero-order valence-corrected chi connectivity index (χ0v) is 17.5. The Morgan fingerprint density at radius 2 is 0.906 bits per heavy atom. The molecule has 0 atom stereocenters. The van der Waals surface area contributed by atoms with Gasteiger partial charge < -0.3 is 9.47 Å². The first-order valence-electron chi connectivity index (χ1n) is 8.78. The van der Waals surface area contributed by atoms with Crippen LogP contribution in [0.4, 0.5) is 0 Å². The minimum absolute atomic E-state index is 0.0300. The second-order valence-corrected chi connectivity index (χ2v) is 5.91. The number of esters is 2. The van der Waals surface area contributed by atoms with E-state index in [1.165, 1.54) is 24.3 Å². The molecule has 0 spiro atoms. The van der Waals surface area contributed by atoms with E-state index in [1.807, 2.05) is 0 Å². The third-order valence-electron chi connectivity index (χ3n) is 4.13. The number of ether oxygens (including phenoxy) is 2. The van der Waals surface area contributed by atoms with Crippen LogP contribution in [-0.4, -0.2) is 58.1 Å². The molecule has 0 heterocycles. The van der Waals surface area contributed by atoms with E-state index in [-0.39, 0.29) is 33.4 Å². The number of hydrogen-bond donors (Lipinski definition) is 0. The summed E-state index contributed by atoms with van der Waals surface area (Å²) in [5.41, 5.74) is -0.937. The maximum Gasteiger partial charge on any atom is 0.373 e. The molecular weight excluding hydrogens is 428 g/mol. The average molecular weight is 446 g/mol. The smallest absolute Gasteiger partial charge is 0.373 e. The lowest BCUT2D eigenvalue weighted by molar-refractivity contribution is -0.216. The summed E-state index contributed by atoms with van der Waals surface area (Å²) in [6.45, 7) is 0. The second kappa shape index (κ2) is 10.8. The molecule has 2 aromatic carbocycles. The van der Waals surface area contributed by atoms with Crippen LogP contribution in [0.15, 0.2) is 36.4 Å². The molecule has 32 heavy (non-hydrogen) atoms. The van der Waals surface area contributed by atoms with E-state index in [2.05, 4.69) is 29.0 Å². The summed E-state index contributed by atoms with van der Waals surface area (Å²) < 4.78 is 9.24. The molecule has 11 nitrogen and oxygen atoms in total. The molecule has 0 aromatic heterocycles. The van der Waals surface area contributed by atoms with Crippen LogP contribution < -0.4 is 0 Å². The minimum Gasteiger partial charge on any atom is -0.465 e. The number of rotatable bonds is 8. The molecular formula is C21H18O11. The Labute approximate surface area is 181 Å². The van der Waals surface area contributed by atoms with Gasteiger partial charge in [0.15, 0.2) is 5.78 Å². The minimum atomic E-state index is -1.03. The average Bonchev–Trinajstić information content (AvgIpc) is 2.82. The Kier molecular flexibility index (Phi) is 8.16. The molecule has 0 bridgehead atoms. The maximum atomic E-state index is 13.0. The van der Waals surface area contributed by atoms with Crippen molar-refractivity contribution < 1.29 is 53.0 Å². The van der Waals surface area contributed by atoms with Crippen molar-refractivity contribution in [3.8, 4) is 0 Å². The van der Waals surface area contributed by atoms with Crippen molar-refractivity contribution >= 4 is 29.7 Å². The molecule has 0 saturated heterocycles. The van der Waals surface area contributed by atoms with Crippen molar-refractivity contribution in [1.82, 2.24) is 0 Å². The summed E-state index contributed by atoms with van der Waals surface area (Å²) in [5.74, 6) is -4.38. The van der Waals surface area contributed by atoms with E-state index < -0.39 is 29.7 Å². The quantitative estimate of drug-likeness (QED) is 0.254. The van der Waals surface area contributed by atoms with Gasteiger partial charge in [-0.1, -0.05) is 12.1 Å². The Morgan fingerprint density at radius 1 is 0.531 bits per heavy atom. The highest BCUT2D eigenvalue weighted by molar-refractivity contribution is 6.13. The summed E-state index contributed by atoms with van der Waals surface area (Å²) in [5, 5.41) is 0. The molecule has 0 unspecified atom stereocenters. The molecule has 0 fully saturated rings. The number of methoxy groups -OCH3 is 2. The van der Waals surface area contributed by atoms with Crippen LogP contribution >= 0.6 is 0 Å². The Hall–Kier alpha value is -4.09. The highest BCUT2D eigenvalue weighted by Crippen LogP contribution is 2.21. The van der Waals surface area contributed by atoms with Crippen molar-refractivity contribution in [2.75, 3.05) is 28.4 Å². The van der Waals surface area contributed by atoms with E-state index in [9.17, 15) is 24.0 Å². The van der Waals surface area contributed by atoms with E-state index in [1.54, 1.807) is 0 Å². The predicted octanol–water partition coefficient (Wildman–Crippen LogP) is 1.93. The van der Waals surface area contributed by atoms with Crippen molar-refractivity contribution in [3.05, 3.63) is 69.8 Å². The van der Waals surface area contributed by atoms with Crippen LogP contribution in [0.25, 0.3) is 0 Å². The molecule has 2 rings (SSSR count). The van der Waals surface area contributed by atoms with Crippen molar-refractivity contribution in [1.29, 1.82) is 0 Å². The first-order chi connectivity index (χ1) is 15.3. The topological polar surface area (TPSA) is 141 Å². The van der Waals surface area contributed by atoms with E-state index in [0.29, 0.717) is 0 Å². The fourth-order valence-corrected chi connectivity index (χ4v) is 2.69. The predicted molar refractivity (Wildman–Crippen MR) is 104 cm³/mol. The lowest BCUT2D eigenvalue weighted by Crippen LogP contribution is -2.16. The Bertz CT molecular complexity index is 988. The van der Waals surface area contributed by atoms with E-state index in [4.69, 9.17) is 0 Å². The molecule has 11 heteroatoms. The first kappa shape index (κ1) is 24.2. The van der Waals surface area contributed by atoms with Crippen molar-refractivity contribution in [2.24, 2.45) is 0 Å². The number of carbonyl (C=O) groups is 5. The Morgan fingerprint density at radius 3 is 1.22 bits per heavy atom. The summed E-state index contributed by atoms with van der Waals surface area (Å²) in [6, 6.07) is 7.18. The van der Waals surface area contributed by atoms with Crippen LogP contribution in [-0.2, 0) is 29.0 Å². The molecule has 0 aliphatic rings. The zero-order valence-electron chi connectivity index (χ0n) is 17.5. The van der Waals surface area contributed by atoms with Crippen molar-refractivity contribution in [3.63, 3.8) is 0 Å². The van der Waals surface area contributed by atoms with E-state index in [0.717, 1.165) is 40.6 Å². The van der Waals surface area contributed by atoms with E-state index >= 15 is 0 Å². The molecule has 0 amide bonds. The highest BCUT2D eigenvalue weighted by Gasteiger charge is 2.25. The van der Waals surface area contributed by atoms with Gasteiger partial charge in [-0.15, -0.1) is 0 Å². The van der Waals surface area contributed by atoms with Gasteiger partial charge in [-0.2, -0.15) is 9.78 Å². The maximum absolute atomic E-state index is 13.0. The molecule has 2 aromatic rings. The first-order valence-corrected chi connectivity index (χ1v) is 8.78. The third kappa shape index (κ3) is 5.14. The fraction of sp³-hybridized carbons (Fsp3) is 0.190. The summed E-state index contributed by atoms with van der Waals surface area (Å²) in [4.78, 5) is 78.8. The van der Waals surface area contributed by atoms with Crippen LogP contribution in [0.1, 0.15) is 57.4 Å². The fourth-order valence-electron chi connectivity index (χ4n) is 2.69. The Balaban J connectivity index is 2.56. The second-order valence-electron chi connectivity index (χ2n) is 5.91. The van der Waals surface area contributed by atoms with Crippen LogP contribution in [0.2, 0.25) is 0 Å². The SMILES string of the molecule is COOC(=O)c1cc(C(=O)c2ccc(C(=O)OC)c(C(=O)OOC)c2)ccc1C(=O)OC. The molecule has 0 N–H and O–H groups in total. The van der Waals surface area contributed by atoms with Crippen LogP contribution in [0.3, 0.4) is 0 Å². The number of hydrogen-bond acceptors (Lipinski definition) is 11. The van der Waals surface area contributed by atoms with Gasteiger partial charge in [0.25, 0.3) is 0 Å². The van der Waals surface area contributed by atoms with Crippen LogP contribution in [0.5, 0.6) is 0 Å². The molecule has 0 radical (unpaired) electrons. The number of ketones is 1. The molecule has 0 aliphatic carbocycles. The standard InChI is InChI=1S/C21H18O11/c1-27-18(23)13-7-5-11(9-15(13)20(25)31-29-3)17(22)12-6-8-14(19(24)28-2)16(10-12)21(26)32-30-4/h5-10H,1-4H3. The zero-order chi connectivity index (χ0) is 23.8. The molecule has 168 valence electrons. The molecule has 0 saturated carbocycles. The highest BCUT2D eigenvalue weighted by atomic mass is 17.2. The summed E-state index contributed by atoms with van der Waals surface area (Å²) in [6.07, 6.45) is 0. The largest absolute Gasteiger partial charge is 0.465 e. The number of benzene rings is 2. The summed E-state index contributed by atoms with van der Waals surface area (Å²) >= 11 is 0. The summed E-state index contributed by atoms with van der Waals surface area (Å²) in [7, 11) is 4.43. The number of carbonyl (C=O) groups excluding carboxylic acids is 5. The van der Waals surface area contributed by atoms with Gasteiger partial charge in [0, 0.05) is 11.1 Å².